The van der Waals surface area contributed by atoms with Gasteiger partial charge in [0.25, 0.3) is 10.1 Å². The van der Waals surface area contributed by atoms with Gasteiger partial charge in [0.15, 0.2) is 0 Å². The summed E-state index contributed by atoms with van der Waals surface area (Å²) in [5.74, 6) is 0.505. The summed E-state index contributed by atoms with van der Waals surface area (Å²) in [5.41, 5.74) is -0.514. The second-order valence-corrected chi connectivity index (χ2v) is 7.99. The number of hydrogen-bond acceptors (Lipinski definition) is 7. The Hall–Kier alpha value is -2.62. The molecule has 9 heteroatoms. The average Bonchev–Trinajstić information content (AvgIpc) is 2.76. The topological polar surface area (TPSA) is 111 Å². The van der Waals surface area contributed by atoms with Crippen molar-refractivity contribution in [2.45, 2.75) is 30.4 Å². The average molecular weight is 423 g/mol. The molecule has 2 rings (SSSR count). The molecule has 29 heavy (non-hydrogen) atoms. The zero-order valence-corrected chi connectivity index (χ0v) is 17.1. The van der Waals surface area contributed by atoms with Crippen molar-refractivity contribution in [2.24, 2.45) is 0 Å². The molecule has 0 aromatic heterocycles. The van der Waals surface area contributed by atoms with Crippen LogP contribution in [-0.2, 0) is 25.6 Å². The molecule has 0 spiro atoms. The van der Waals surface area contributed by atoms with Crippen molar-refractivity contribution < 1.29 is 32.0 Å². The van der Waals surface area contributed by atoms with E-state index in [0.717, 1.165) is 5.56 Å². The maximum Gasteiger partial charge on any atom is 0.408 e. The third kappa shape index (κ3) is 6.45. The highest BCUT2D eigenvalue weighted by Gasteiger charge is 2.33. The van der Waals surface area contributed by atoms with E-state index in [2.05, 4.69) is 5.32 Å². The molecule has 0 heterocycles. The molecular formula is C20H25NO7S. The number of methoxy groups -OCH3 is 1. The van der Waals surface area contributed by atoms with Gasteiger partial charge in [0.05, 0.1) is 30.8 Å². The number of benzene rings is 2. The number of carbonyl (C=O) groups is 1. The van der Waals surface area contributed by atoms with Crippen LogP contribution >= 0.6 is 0 Å². The number of alkyl carbamates (subject to hydrolysis) is 1. The zero-order valence-electron chi connectivity index (χ0n) is 16.3. The number of amides is 1. The lowest BCUT2D eigenvalue weighted by Crippen LogP contribution is -2.54. The molecular weight excluding hydrogens is 398 g/mol. The second-order valence-electron chi connectivity index (χ2n) is 6.37. The summed E-state index contributed by atoms with van der Waals surface area (Å²) in [6, 6.07) is 14.8. The molecule has 2 aromatic rings. The molecule has 0 saturated heterocycles. The van der Waals surface area contributed by atoms with Crippen molar-refractivity contribution in [2.75, 3.05) is 20.3 Å². The third-order valence-electron chi connectivity index (χ3n) is 4.40. The van der Waals surface area contributed by atoms with Gasteiger partial charge in [0, 0.05) is 0 Å². The van der Waals surface area contributed by atoms with E-state index < -0.39 is 35.0 Å². The molecule has 2 N–H and O–H groups in total. The standard InChI is InChI=1S/C20H25NO7S/c1-3-20(14-22,21-19(23)27-13-16-7-5-4-6-8-16)15-28-29(24,25)18-11-9-17(26-2)10-12-18/h4-12,22H,3,13-15H2,1-2H3,(H,21,23)/t20-/m1/s1. The van der Waals surface area contributed by atoms with Gasteiger partial charge in [-0.2, -0.15) is 8.42 Å². The van der Waals surface area contributed by atoms with Crippen molar-refractivity contribution in [3.05, 3.63) is 60.2 Å². The van der Waals surface area contributed by atoms with Gasteiger partial charge in [-0.25, -0.2) is 4.79 Å². The van der Waals surface area contributed by atoms with E-state index >= 15 is 0 Å². The Morgan fingerprint density at radius 3 is 2.31 bits per heavy atom. The summed E-state index contributed by atoms with van der Waals surface area (Å²) in [6.07, 6.45) is -0.558. The first kappa shape index (κ1) is 22.7. The van der Waals surface area contributed by atoms with Gasteiger partial charge in [0.2, 0.25) is 0 Å². The summed E-state index contributed by atoms with van der Waals surface area (Å²) < 4.78 is 40.1. The Morgan fingerprint density at radius 1 is 1.10 bits per heavy atom. The monoisotopic (exact) mass is 423 g/mol. The third-order valence-corrected chi connectivity index (χ3v) is 5.68. The summed E-state index contributed by atoms with van der Waals surface area (Å²) in [5, 5.41) is 12.3. The van der Waals surface area contributed by atoms with Crippen LogP contribution in [0.1, 0.15) is 18.9 Å². The first-order valence-electron chi connectivity index (χ1n) is 8.97. The molecule has 0 radical (unpaired) electrons. The highest BCUT2D eigenvalue weighted by Crippen LogP contribution is 2.20. The SMILES string of the molecule is CC[C@@](CO)(COS(=O)(=O)c1ccc(OC)cc1)NC(=O)OCc1ccccc1. The van der Waals surface area contributed by atoms with Crippen LogP contribution in [0, 0.1) is 0 Å². The minimum atomic E-state index is -4.09. The fourth-order valence-corrected chi connectivity index (χ4v) is 3.39. The van der Waals surface area contributed by atoms with Gasteiger partial charge < -0.3 is 19.9 Å². The largest absolute Gasteiger partial charge is 0.497 e. The Bertz CT molecular complexity index is 879. The van der Waals surface area contributed by atoms with Crippen LogP contribution in [0.15, 0.2) is 59.5 Å². The lowest BCUT2D eigenvalue weighted by atomic mass is 9.99. The Balaban J connectivity index is 2.00. The maximum atomic E-state index is 12.4. The van der Waals surface area contributed by atoms with E-state index in [1.165, 1.54) is 31.4 Å². The molecule has 1 atom stereocenters. The van der Waals surface area contributed by atoms with Gasteiger partial charge in [-0.1, -0.05) is 37.3 Å². The molecule has 0 unspecified atom stereocenters. The molecule has 8 nitrogen and oxygen atoms in total. The summed E-state index contributed by atoms with van der Waals surface area (Å²) in [4.78, 5) is 12.1. The van der Waals surface area contributed by atoms with Crippen molar-refractivity contribution in [3.63, 3.8) is 0 Å². The zero-order chi connectivity index (χ0) is 21.3. The first-order chi connectivity index (χ1) is 13.8. The van der Waals surface area contributed by atoms with E-state index in [9.17, 15) is 18.3 Å². The normalized spacial score (nSPS) is 13.3. The summed E-state index contributed by atoms with van der Waals surface area (Å²) in [7, 11) is -2.62. The van der Waals surface area contributed by atoms with Gasteiger partial charge >= 0.3 is 6.09 Å². The molecule has 0 fully saturated rings. The van der Waals surface area contributed by atoms with Gasteiger partial charge in [-0.3, -0.25) is 4.18 Å². The number of carbonyl (C=O) groups excluding carboxylic acids is 1. The smallest absolute Gasteiger partial charge is 0.408 e. The van der Waals surface area contributed by atoms with Gasteiger partial charge in [-0.05, 0) is 36.2 Å². The van der Waals surface area contributed by atoms with Crippen molar-refractivity contribution >= 4 is 16.2 Å². The number of ether oxygens (including phenoxy) is 2. The quantitative estimate of drug-likeness (QED) is 0.565. The highest BCUT2D eigenvalue weighted by molar-refractivity contribution is 7.86. The molecule has 0 bridgehead atoms. The lowest BCUT2D eigenvalue weighted by molar-refractivity contribution is 0.0789. The Kier molecular flexibility index (Phi) is 8.00. The predicted molar refractivity (Wildman–Crippen MR) is 106 cm³/mol. The second kappa shape index (κ2) is 10.2. The predicted octanol–water partition coefficient (Wildman–Crippen LogP) is 2.47. The molecule has 2 aromatic carbocycles. The number of nitrogens with one attached hydrogen (secondary N) is 1. The number of rotatable bonds is 10. The van der Waals surface area contributed by atoms with Crippen LogP contribution in [0.25, 0.3) is 0 Å². The van der Waals surface area contributed by atoms with E-state index in [1.54, 1.807) is 19.1 Å². The van der Waals surface area contributed by atoms with E-state index in [4.69, 9.17) is 13.7 Å². The van der Waals surface area contributed by atoms with Crippen molar-refractivity contribution in [3.8, 4) is 5.75 Å². The summed E-state index contributed by atoms with van der Waals surface area (Å²) >= 11 is 0. The number of hydrogen-bond donors (Lipinski definition) is 2. The van der Waals surface area contributed by atoms with Gasteiger partial charge in [0.1, 0.15) is 12.4 Å². The van der Waals surface area contributed by atoms with Gasteiger partial charge in [-0.15, -0.1) is 0 Å². The fraction of sp³-hybridized carbons (Fsp3) is 0.350. The highest BCUT2D eigenvalue weighted by atomic mass is 32.2. The van der Waals surface area contributed by atoms with Crippen LogP contribution in [0.3, 0.4) is 0 Å². The van der Waals surface area contributed by atoms with E-state index in [1.807, 2.05) is 18.2 Å². The van der Waals surface area contributed by atoms with Crippen LogP contribution in [0.2, 0.25) is 0 Å². The van der Waals surface area contributed by atoms with Crippen LogP contribution in [0.4, 0.5) is 4.79 Å². The van der Waals surface area contributed by atoms with E-state index in [0.29, 0.717) is 5.75 Å². The molecule has 158 valence electrons. The fourth-order valence-electron chi connectivity index (χ4n) is 2.40. The minimum absolute atomic E-state index is 0.0445. The maximum absolute atomic E-state index is 12.4. The van der Waals surface area contributed by atoms with Crippen molar-refractivity contribution in [1.82, 2.24) is 5.32 Å². The molecule has 0 aliphatic carbocycles. The molecule has 0 aliphatic heterocycles. The van der Waals surface area contributed by atoms with Crippen LogP contribution < -0.4 is 10.1 Å². The number of aliphatic hydroxyl groups excluding tert-OH is 1. The van der Waals surface area contributed by atoms with Crippen LogP contribution in [0.5, 0.6) is 5.75 Å². The Labute approximate surface area is 170 Å². The van der Waals surface area contributed by atoms with Crippen molar-refractivity contribution in [1.29, 1.82) is 0 Å². The molecule has 0 aliphatic rings. The Morgan fingerprint density at radius 2 is 1.76 bits per heavy atom. The first-order valence-corrected chi connectivity index (χ1v) is 10.4. The molecule has 1 amide bonds. The van der Waals surface area contributed by atoms with E-state index in [-0.39, 0.29) is 17.9 Å². The molecule has 0 saturated carbocycles. The minimum Gasteiger partial charge on any atom is -0.497 e. The van der Waals surface area contributed by atoms with Crippen LogP contribution in [-0.4, -0.2) is 45.5 Å². The number of aliphatic hydroxyl groups is 1. The summed E-state index contributed by atoms with van der Waals surface area (Å²) in [6.45, 7) is 0.761. The lowest BCUT2D eigenvalue weighted by Gasteiger charge is -2.30.